The van der Waals surface area contributed by atoms with E-state index in [9.17, 15) is 4.79 Å². The second kappa shape index (κ2) is 13.0. The highest BCUT2D eigenvalue weighted by Crippen LogP contribution is 2.28. The number of hydrogen-bond donors (Lipinski definition) is 2. The van der Waals surface area contributed by atoms with Crippen molar-refractivity contribution in [2.45, 2.75) is 45.6 Å². The largest absolute Gasteiger partial charge is 0.494 e. The molecule has 204 valence electrons. The summed E-state index contributed by atoms with van der Waals surface area (Å²) in [6.45, 7) is 7.03. The first-order chi connectivity index (χ1) is 18.8. The van der Waals surface area contributed by atoms with E-state index >= 15 is 0 Å². The molecule has 0 aliphatic rings. The number of carbonyl (C=O) groups excluding carboxylic acids is 1. The fourth-order valence-electron chi connectivity index (χ4n) is 4.15. The third-order valence-electron chi connectivity index (χ3n) is 6.23. The number of pyridine rings is 1. The van der Waals surface area contributed by atoms with E-state index in [0.717, 1.165) is 40.8 Å². The molecule has 0 radical (unpaired) electrons. The van der Waals surface area contributed by atoms with Crippen molar-refractivity contribution in [3.63, 3.8) is 0 Å². The summed E-state index contributed by atoms with van der Waals surface area (Å²) in [4.78, 5) is 20.6. The lowest BCUT2D eigenvalue weighted by molar-refractivity contribution is -0.0460. The molecule has 0 amide bonds. The Balaban J connectivity index is 1.15. The number of ether oxygens (including phenoxy) is 3. The van der Waals surface area contributed by atoms with E-state index in [2.05, 4.69) is 27.1 Å². The molecule has 9 nitrogen and oxygen atoms in total. The number of anilines is 1. The third-order valence-corrected chi connectivity index (χ3v) is 6.23. The number of aryl methyl sites for hydroxylation is 1. The predicted octanol–water partition coefficient (Wildman–Crippen LogP) is 5.16. The van der Waals surface area contributed by atoms with Crippen molar-refractivity contribution in [1.29, 1.82) is 0 Å². The quantitative estimate of drug-likeness (QED) is 0.180. The van der Waals surface area contributed by atoms with Crippen LogP contribution in [0.2, 0.25) is 0 Å². The Morgan fingerprint density at radius 1 is 1.03 bits per heavy atom. The summed E-state index contributed by atoms with van der Waals surface area (Å²) >= 11 is 0. The smallest absolute Gasteiger partial charge is 0.378 e. The van der Waals surface area contributed by atoms with Crippen LogP contribution in [0.5, 0.6) is 5.75 Å². The maximum atomic E-state index is 12.3. The molecule has 0 aliphatic heterocycles. The van der Waals surface area contributed by atoms with Gasteiger partial charge in [0.15, 0.2) is 0 Å². The summed E-state index contributed by atoms with van der Waals surface area (Å²) in [7, 11) is 0. The second-order valence-electron chi connectivity index (χ2n) is 9.91. The molecule has 3 N–H and O–H groups in total. The lowest BCUT2D eigenvalue weighted by Gasteiger charge is -2.25. The van der Waals surface area contributed by atoms with Crippen LogP contribution in [-0.2, 0) is 15.9 Å². The Labute approximate surface area is 228 Å². The Bertz CT molecular complexity index is 1370. The molecule has 0 atom stereocenters. The van der Waals surface area contributed by atoms with E-state index in [1.165, 1.54) is 0 Å². The van der Waals surface area contributed by atoms with Crippen LogP contribution in [-0.4, -0.2) is 51.6 Å². The molecule has 0 saturated heterocycles. The van der Waals surface area contributed by atoms with Gasteiger partial charge in [-0.1, -0.05) is 36.4 Å². The lowest BCUT2D eigenvalue weighted by Crippen LogP contribution is -2.27. The Morgan fingerprint density at radius 3 is 2.64 bits per heavy atom. The highest BCUT2D eigenvalue weighted by molar-refractivity contribution is 5.85. The van der Waals surface area contributed by atoms with Crippen LogP contribution in [0.3, 0.4) is 0 Å². The lowest BCUT2D eigenvalue weighted by atomic mass is 10.0. The molecule has 2 aromatic carbocycles. The summed E-state index contributed by atoms with van der Waals surface area (Å²) in [5.74, 6) is 1.34. The number of aromatic nitrogens is 4. The predicted molar refractivity (Wildman–Crippen MR) is 149 cm³/mol. The monoisotopic (exact) mass is 529 g/mol. The van der Waals surface area contributed by atoms with Gasteiger partial charge < -0.3 is 19.9 Å². The van der Waals surface area contributed by atoms with Gasteiger partial charge in [-0.3, -0.25) is 5.10 Å². The first-order valence-corrected chi connectivity index (χ1v) is 13.0. The zero-order valence-corrected chi connectivity index (χ0v) is 22.6. The second-order valence-corrected chi connectivity index (χ2v) is 9.91. The summed E-state index contributed by atoms with van der Waals surface area (Å²) in [6.07, 6.45) is 3.86. The van der Waals surface area contributed by atoms with Gasteiger partial charge in [0, 0.05) is 12.6 Å². The van der Waals surface area contributed by atoms with Crippen molar-refractivity contribution in [3.8, 4) is 16.9 Å². The number of carbonyl (C=O) groups is 1. The molecular formula is C30H35N5O4. The van der Waals surface area contributed by atoms with Gasteiger partial charge in [0.2, 0.25) is 0 Å². The Morgan fingerprint density at radius 2 is 1.85 bits per heavy atom. The van der Waals surface area contributed by atoms with Crippen molar-refractivity contribution < 1.29 is 19.0 Å². The van der Waals surface area contributed by atoms with Gasteiger partial charge in [0.1, 0.15) is 24.0 Å². The van der Waals surface area contributed by atoms with E-state index in [4.69, 9.17) is 19.9 Å². The van der Waals surface area contributed by atoms with E-state index in [1.54, 1.807) is 6.20 Å². The van der Waals surface area contributed by atoms with Crippen LogP contribution >= 0.6 is 0 Å². The van der Waals surface area contributed by atoms with Gasteiger partial charge in [0.25, 0.3) is 5.82 Å². The van der Waals surface area contributed by atoms with Crippen LogP contribution in [0.4, 0.5) is 5.82 Å². The van der Waals surface area contributed by atoms with E-state index in [0.29, 0.717) is 24.7 Å². The van der Waals surface area contributed by atoms with Gasteiger partial charge in [-0.2, -0.15) is 0 Å². The fraction of sp³-hybridized carbons (Fsp3) is 0.333. The maximum Gasteiger partial charge on any atom is 0.378 e. The van der Waals surface area contributed by atoms with Gasteiger partial charge in [-0.15, -0.1) is 5.10 Å². The summed E-state index contributed by atoms with van der Waals surface area (Å²) in [6, 6.07) is 19.7. The third kappa shape index (κ3) is 8.38. The van der Waals surface area contributed by atoms with Crippen LogP contribution in [0, 0.1) is 6.92 Å². The molecule has 0 bridgehead atoms. The average molecular weight is 530 g/mol. The van der Waals surface area contributed by atoms with Gasteiger partial charge in [0.05, 0.1) is 18.8 Å². The van der Waals surface area contributed by atoms with Crippen molar-refractivity contribution >= 4 is 11.8 Å². The van der Waals surface area contributed by atoms with E-state index < -0.39 is 11.6 Å². The standard InChI is InChI=1S/C30H35N5O4/c1-21-10-11-24(20-25(21)23-12-14-32-26(31)19-23)37-15-7-13-30(2,3)39-17-16-38-29(36)28-33-27(34-35-28)18-22-8-5-4-6-9-22/h4-6,8-12,14,19-20H,7,13,15-18H2,1-3H3,(H2,31,32)(H,33,34,35). The van der Waals surface area contributed by atoms with Gasteiger partial charge >= 0.3 is 5.97 Å². The normalized spacial score (nSPS) is 11.4. The van der Waals surface area contributed by atoms with E-state index in [-0.39, 0.29) is 19.0 Å². The minimum atomic E-state index is -0.577. The molecule has 0 aliphatic carbocycles. The van der Waals surface area contributed by atoms with Crippen LogP contribution in [0.15, 0.2) is 66.9 Å². The van der Waals surface area contributed by atoms with Crippen molar-refractivity contribution in [3.05, 3.63) is 89.6 Å². The maximum absolute atomic E-state index is 12.3. The van der Waals surface area contributed by atoms with Crippen LogP contribution in [0.1, 0.15) is 54.3 Å². The molecule has 4 aromatic rings. The van der Waals surface area contributed by atoms with Crippen LogP contribution < -0.4 is 10.5 Å². The average Bonchev–Trinajstić information content (AvgIpc) is 3.39. The highest BCUT2D eigenvalue weighted by atomic mass is 16.6. The van der Waals surface area contributed by atoms with E-state index in [1.807, 2.05) is 74.5 Å². The number of nitrogen functional groups attached to an aromatic ring is 1. The minimum absolute atomic E-state index is 0.0176. The number of nitrogens with zero attached hydrogens (tertiary/aromatic N) is 3. The van der Waals surface area contributed by atoms with Crippen molar-refractivity contribution in [2.75, 3.05) is 25.6 Å². The number of hydrogen-bond acceptors (Lipinski definition) is 8. The first-order valence-electron chi connectivity index (χ1n) is 13.0. The molecule has 0 fully saturated rings. The molecule has 2 heterocycles. The SMILES string of the molecule is Cc1ccc(OCCCC(C)(C)OCCOC(=O)c2n[nH]c(Cc3ccccc3)n2)cc1-c1ccnc(N)c1. The Kier molecular flexibility index (Phi) is 9.27. The number of H-pyrrole nitrogens is 1. The fourth-order valence-corrected chi connectivity index (χ4v) is 4.15. The summed E-state index contributed by atoms with van der Waals surface area (Å²) in [5.41, 5.74) is 9.75. The highest BCUT2D eigenvalue weighted by Gasteiger charge is 2.19. The molecule has 0 saturated carbocycles. The molecule has 39 heavy (non-hydrogen) atoms. The summed E-state index contributed by atoms with van der Waals surface area (Å²) in [5, 5.41) is 6.77. The number of aromatic amines is 1. The van der Waals surface area contributed by atoms with Crippen molar-refractivity contribution in [2.24, 2.45) is 0 Å². The number of benzene rings is 2. The Hall–Kier alpha value is -4.24. The van der Waals surface area contributed by atoms with Crippen molar-refractivity contribution in [1.82, 2.24) is 20.2 Å². The van der Waals surface area contributed by atoms with Crippen LogP contribution in [0.25, 0.3) is 11.1 Å². The minimum Gasteiger partial charge on any atom is -0.494 e. The molecule has 2 aromatic heterocycles. The van der Waals surface area contributed by atoms with Gasteiger partial charge in [-0.25, -0.2) is 14.8 Å². The molecule has 0 unspecified atom stereocenters. The molecular weight excluding hydrogens is 494 g/mol. The molecule has 0 spiro atoms. The number of rotatable bonds is 13. The zero-order chi connectivity index (χ0) is 27.7. The van der Waals surface area contributed by atoms with Gasteiger partial charge in [-0.05, 0) is 80.1 Å². The number of nitrogens with two attached hydrogens (primary N) is 1. The number of esters is 1. The molecule has 4 rings (SSSR count). The topological polar surface area (TPSA) is 125 Å². The zero-order valence-electron chi connectivity index (χ0n) is 22.6. The number of nitrogens with one attached hydrogen (secondary N) is 1. The summed E-state index contributed by atoms with van der Waals surface area (Å²) < 4.78 is 17.3. The molecule has 9 heteroatoms. The first kappa shape index (κ1) is 27.8.